The van der Waals surface area contributed by atoms with Crippen LogP contribution in [0.3, 0.4) is 0 Å². The number of aromatic nitrogens is 1. The van der Waals surface area contributed by atoms with E-state index in [1.807, 2.05) is 19.1 Å². The van der Waals surface area contributed by atoms with Gasteiger partial charge in [-0.25, -0.2) is 0 Å². The van der Waals surface area contributed by atoms with E-state index < -0.39 is 0 Å². The van der Waals surface area contributed by atoms with Crippen LogP contribution in [0.1, 0.15) is 56.2 Å². The molecular weight excluding hydrogens is 290 g/mol. The Hall–Kier alpha value is -1.97. The summed E-state index contributed by atoms with van der Waals surface area (Å²) >= 11 is 0. The summed E-state index contributed by atoms with van der Waals surface area (Å²) in [4.78, 5) is 15.6. The number of esters is 1. The maximum absolute atomic E-state index is 12.0. The third-order valence-corrected chi connectivity index (χ3v) is 4.73. The molecule has 0 radical (unpaired) electrons. The highest BCUT2D eigenvalue weighted by Crippen LogP contribution is 2.38. The predicted octanol–water partition coefficient (Wildman–Crippen LogP) is 4.33. The lowest BCUT2D eigenvalue weighted by molar-refractivity contribution is -0.143. The Balaban J connectivity index is 2.01. The van der Waals surface area contributed by atoms with E-state index in [1.165, 1.54) is 35.9 Å². The lowest BCUT2D eigenvalue weighted by atomic mass is 9.85. The molecule has 1 aliphatic carbocycles. The second-order valence-electron chi connectivity index (χ2n) is 6.23. The molecule has 4 heteroatoms. The van der Waals surface area contributed by atoms with Gasteiger partial charge in [0.25, 0.3) is 0 Å². The van der Waals surface area contributed by atoms with Gasteiger partial charge < -0.3 is 14.5 Å². The molecule has 0 saturated heterocycles. The zero-order chi connectivity index (χ0) is 16.2. The van der Waals surface area contributed by atoms with Crippen molar-refractivity contribution in [2.45, 2.75) is 51.4 Å². The van der Waals surface area contributed by atoms with Crippen LogP contribution >= 0.6 is 0 Å². The number of nitrogens with one attached hydrogen (secondary N) is 1. The van der Waals surface area contributed by atoms with Crippen molar-refractivity contribution in [3.63, 3.8) is 0 Å². The number of hydrogen-bond acceptors (Lipinski definition) is 3. The van der Waals surface area contributed by atoms with Gasteiger partial charge in [-0.1, -0.05) is 12.8 Å². The topological polar surface area (TPSA) is 51.3 Å². The van der Waals surface area contributed by atoms with Crippen molar-refractivity contribution in [3.8, 4) is 5.75 Å². The van der Waals surface area contributed by atoms with Crippen LogP contribution in [-0.2, 0) is 16.0 Å². The third-order valence-electron chi connectivity index (χ3n) is 4.73. The Morgan fingerprint density at radius 2 is 2.17 bits per heavy atom. The number of carbonyl (C=O) groups is 1. The Morgan fingerprint density at radius 3 is 2.96 bits per heavy atom. The molecule has 2 aromatic rings. The van der Waals surface area contributed by atoms with E-state index in [0.717, 1.165) is 24.1 Å². The zero-order valence-electron chi connectivity index (χ0n) is 14.0. The van der Waals surface area contributed by atoms with Gasteiger partial charge in [-0.2, -0.15) is 0 Å². The summed E-state index contributed by atoms with van der Waals surface area (Å²) in [7, 11) is 1.68. The van der Waals surface area contributed by atoms with Gasteiger partial charge in [0, 0.05) is 22.7 Å². The summed E-state index contributed by atoms with van der Waals surface area (Å²) in [5.74, 6) is 1.01. The molecule has 0 spiro atoms. The van der Waals surface area contributed by atoms with Gasteiger partial charge in [0.2, 0.25) is 0 Å². The monoisotopic (exact) mass is 315 g/mol. The molecule has 1 unspecified atom stereocenters. The SMILES string of the molecule is CCOC(=O)CC1CCCCCc2[nH]c3cc(OC)ccc3c21. The molecule has 1 aromatic carbocycles. The van der Waals surface area contributed by atoms with Crippen molar-refractivity contribution in [2.75, 3.05) is 13.7 Å². The van der Waals surface area contributed by atoms with Crippen LogP contribution < -0.4 is 4.74 Å². The highest BCUT2D eigenvalue weighted by molar-refractivity contribution is 5.87. The highest BCUT2D eigenvalue weighted by atomic mass is 16.5. The first kappa shape index (κ1) is 15.9. The number of H-pyrrole nitrogens is 1. The molecule has 0 bridgehead atoms. The van der Waals surface area contributed by atoms with E-state index in [-0.39, 0.29) is 11.9 Å². The first-order valence-corrected chi connectivity index (χ1v) is 8.57. The predicted molar refractivity (Wildman–Crippen MR) is 91.0 cm³/mol. The maximum atomic E-state index is 12.0. The number of aryl methyl sites for hydroxylation is 1. The number of methoxy groups -OCH3 is 1. The standard InChI is InChI=1S/C19H25NO3/c1-3-23-18(21)11-13-7-5-4-6-8-16-19(13)15-10-9-14(22-2)12-17(15)20-16/h9-10,12-13,20H,3-8,11H2,1-2H3. The van der Waals surface area contributed by atoms with Crippen LogP contribution in [0.15, 0.2) is 18.2 Å². The van der Waals surface area contributed by atoms with E-state index in [2.05, 4.69) is 11.1 Å². The van der Waals surface area contributed by atoms with Gasteiger partial charge in [0.1, 0.15) is 5.75 Å². The summed E-state index contributed by atoms with van der Waals surface area (Å²) in [6, 6.07) is 6.15. The lowest BCUT2D eigenvalue weighted by Crippen LogP contribution is -2.13. The average molecular weight is 315 g/mol. The molecule has 1 atom stereocenters. The van der Waals surface area contributed by atoms with Crippen LogP contribution in [0, 0.1) is 0 Å². The number of rotatable bonds is 4. The summed E-state index contributed by atoms with van der Waals surface area (Å²) in [5, 5.41) is 1.22. The molecule has 1 aromatic heterocycles. The Kier molecular flexibility index (Phi) is 4.89. The molecule has 0 aliphatic heterocycles. The fourth-order valence-corrected chi connectivity index (χ4v) is 3.68. The van der Waals surface area contributed by atoms with Gasteiger partial charge in [-0.3, -0.25) is 4.79 Å². The minimum atomic E-state index is -0.0908. The van der Waals surface area contributed by atoms with E-state index in [1.54, 1.807) is 7.11 Å². The number of aromatic amines is 1. The molecule has 4 nitrogen and oxygen atoms in total. The second-order valence-corrected chi connectivity index (χ2v) is 6.23. The smallest absolute Gasteiger partial charge is 0.306 e. The van der Waals surface area contributed by atoms with Gasteiger partial charge in [-0.15, -0.1) is 0 Å². The van der Waals surface area contributed by atoms with Gasteiger partial charge >= 0.3 is 5.97 Å². The van der Waals surface area contributed by atoms with Gasteiger partial charge in [0.05, 0.1) is 20.1 Å². The number of carbonyl (C=O) groups excluding carboxylic acids is 1. The van der Waals surface area contributed by atoms with Crippen molar-refractivity contribution in [1.29, 1.82) is 0 Å². The van der Waals surface area contributed by atoms with Crippen LogP contribution in [0.4, 0.5) is 0 Å². The molecule has 0 amide bonds. The van der Waals surface area contributed by atoms with Crippen LogP contribution in [0.25, 0.3) is 10.9 Å². The van der Waals surface area contributed by atoms with E-state index >= 15 is 0 Å². The van der Waals surface area contributed by atoms with Crippen molar-refractivity contribution < 1.29 is 14.3 Å². The molecule has 23 heavy (non-hydrogen) atoms. The third kappa shape index (κ3) is 3.36. The summed E-state index contributed by atoms with van der Waals surface area (Å²) in [5.41, 5.74) is 3.70. The van der Waals surface area contributed by atoms with E-state index in [0.29, 0.717) is 13.0 Å². The molecule has 124 valence electrons. The quantitative estimate of drug-likeness (QED) is 0.854. The zero-order valence-corrected chi connectivity index (χ0v) is 14.0. The molecule has 1 N–H and O–H groups in total. The Bertz CT molecular complexity index is 689. The molecule has 1 heterocycles. The number of benzene rings is 1. The largest absolute Gasteiger partial charge is 0.497 e. The first-order chi connectivity index (χ1) is 11.2. The summed E-state index contributed by atoms with van der Waals surface area (Å²) < 4.78 is 10.5. The Morgan fingerprint density at radius 1 is 1.30 bits per heavy atom. The summed E-state index contributed by atoms with van der Waals surface area (Å²) in [6.45, 7) is 2.31. The van der Waals surface area contributed by atoms with Crippen LogP contribution in [0.2, 0.25) is 0 Å². The first-order valence-electron chi connectivity index (χ1n) is 8.57. The van der Waals surface area contributed by atoms with Gasteiger partial charge in [0.15, 0.2) is 0 Å². The highest BCUT2D eigenvalue weighted by Gasteiger charge is 2.25. The van der Waals surface area contributed by atoms with Crippen molar-refractivity contribution in [3.05, 3.63) is 29.5 Å². The maximum Gasteiger partial charge on any atom is 0.306 e. The molecule has 3 rings (SSSR count). The van der Waals surface area contributed by atoms with Crippen LogP contribution in [-0.4, -0.2) is 24.7 Å². The normalized spacial score (nSPS) is 18.1. The second kappa shape index (κ2) is 7.07. The number of fused-ring (bicyclic) bond motifs is 3. The lowest BCUT2D eigenvalue weighted by Gasteiger charge is -2.20. The number of ether oxygens (including phenoxy) is 2. The van der Waals surface area contributed by atoms with Crippen molar-refractivity contribution in [1.82, 2.24) is 4.98 Å². The van der Waals surface area contributed by atoms with Crippen molar-refractivity contribution in [2.24, 2.45) is 0 Å². The minimum absolute atomic E-state index is 0.0908. The van der Waals surface area contributed by atoms with Crippen LogP contribution in [0.5, 0.6) is 5.75 Å². The minimum Gasteiger partial charge on any atom is -0.497 e. The van der Waals surface area contributed by atoms with E-state index in [9.17, 15) is 4.79 Å². The molecule has 0 fully saturated rings. The van der Waals surface area contributed by atoms with Gasteiger partial charge in [-0.05, 0) is 49.8 Å². The average Bonchev–Trinajstić information content (AvgIpc) is 2.88. The fraction of sp³-hybridized carbons (Fsp3) is 0.526. The fourth-order valence-electron chi connectivity index (χ4n) is 3.68. The molecule has 0 saturated carbocycles. The number of hydrogen-bond donors (Lipinski definition) is 1. The molecule has 1 aliphatic rings. The van der Waals surface area contributed by atoms with Crippen molar-refractivity contribution >= 4 is 16.9 Å². The molecular formula is C19H25NO3. The van der Waals surface area contributed by atoms with E-state index in [4.69, 9.17) is 9.47 Å². The Labute approximate surface area is 137 Å². The summed E-state index contributed by atoms with van der Waals surface area (Å²) in [6.07, 6.45) is 6.16.